The summed E-state index contributed by atoms with van der Waals surface area (Å²) in [6.45, 7) is 7.91. The molecule has 0 saturated carbocycles. The van der Waals surface area contributed by atoms with Gasteiger partial charge in [0, 0.05) is 110 Å². The van der Waals surface area contributed by atoms with Crippen molar-refractivity contribution in [2.24, 2.45) is 0 Å². The summed E-state index contributed by atoms with van der Waals surface area (Å²) in [5.74, 6) is -5.13. The van der Waals surface area contributed by atoms with E-state index in [1.165, 1.54) is 20.8 Å². The van der Waals surface area contributed by atoms with Crippen molar-refractivity contribution in [3.05, 3.63) is 0 Å². The van der Waals surface area contributed by atoms with Crippen molar-refractivity contribution in [3.63, 3.8) is 0 Å². The number of ether oxygens (including phenoxy) is 10. The van der Waals surface area contributed by atoms with Gasteiger partial charge in [0.25, 0.3) is 0 Å². The minimum atomic E-state index is -3.54. The first-order valence-corrected chi connectivity index (χ1v) is 42.4. The van der Waals surface area contributed by atoms with E-state index >= 15 is 0 Å². The number of rotatable bonds is 62. The second kappa shape index (κ2) is 59.4. The highest BCUT2D eigenvalue weighted by atomic mass is 31.2. The SMILES string of the molecule is CC(=O)NC1C(OCCOCCNC(=O)CCCC(=O)NCCCC[C@H](NC(=O)CCCC(=O)NCCOCCOC2OC(CO)C(O)C(O)C2NC(C)=O)C(=O)N[C@@H](CCCCNC(=O)CCCC(=O)NCCOCCOC2OC(CO)C(O)C(O)C2NC(C)=O)C(=O)NCCCCCCOCP(=O)(O)C(C)(C)C)OC(CO)C(O)C1O. The topological polar surface area (TPSA) is 632 Å². The zero-order valence-electron chi connectivity index (χ0n) is 68.8. The van der Waals surface area contributed by atoms with Crippen molar-refractivity contribution in [1.82, 2.24) is 58.5 Å². The predicted octanol–water partition coefficient (Wildman–Crippen LogP) is -5.96. The van der Waals surface area contributed by atoms with E-state index in [9.17, 15) is 108 Å². The molecule has 0 aromatic rings. The van der Waals surface area contributed by atoms with Gasteiger partial charge >= 0.3 is 0 Å². The molecule has 118 heavy (non-hydrogen) atoms. The highest BCUT2D eigenvalue weighted by Gasteiger charge is 2.48. The molecule has 3 aliphatic rings. The Morgan fingerprint density at radius 3 is 1.01 bits per heavy atom. The maximum absolute atomic E-state index is 14.4. The lowest BCUT2D eigenvalue weighted by Gasteiger charge is -2.42. The average Bonchev–Trinajstić information content (AvgIpc) is 0.820. The monoisotopic (exact) mass is 1720 g/mol. The third kappa shape index (κ3) is 42.9. The molecular formula is C74H134N11O32P. The Labute approximate surface area is 688 Å². The highest BCUT2D eigenvalue weighted by Crippen LogP contribution is 2.53. The molecule has 3 aliphatic heterocycles. The van der Waals surface area contributed by atoms with Gasteiger partial charge in [-0.15, -0.1) is 0 Å². The molecule has 18 atom stereocenters. The largest absolute Gasteiger partial charge is 0.394 e. The van der Waals surface area contributed by atoms with Crippen LogP contribution in [0.2, 0.25) is 0 Å². The van der Waals surface area contributed by atoms with Crippen LogP contribution in [0.25, 0.3) is 0 Å². The quantitative estimate of drug-likeness (QED) is 0.0199. The van der Waals surface area contributed by atoms with E-state index in [2.05, 4.69) is 58.5 Å². The number of aliphatic hydroxyl groups is 9. The van der Waals surface area contributed by atoms with Crippen LogP contribution in [-0.4, -0.2) is 357 Å². The van der Waals surface area contributed by atoms with Crippen molar-refractivity contribution < 1.29 is 156 Å². The number of unbranched alkanes of at least 4 members (excludes halogenated alkanes) is 5. The van der Waals surface area contributed by atoms with Crippen molar-refractivity contribution in [3.8, 4) is 0 Å². The van der Waals surface area contributed by atoms with E-state index in [1.54, 1.807) is 20.8 Å². The number of hydrogen-bond acceptors (Lipinski definition) is 31. The van der Waals surface area contributed by atoms with Crippen LogP contribution in [0.3, 0.4) is 0 Å². The molecule has 3 heterocycles. The van der Waals surface area contributed by atoms with Crippen LogP contribution in [0.5, 0.6) is 0 Å². The lowest BCUT2D eigenvalue weighted by atomic mass is 9.97. The Morgan fingerprint density at radius 1 is 0.356 bits per heavy atom. The van der Waals surface area contributed by atoms with Gasteiger partial charge in [-0.05, 0) is 70.6 Å². The predicted molar refractivity (Wildman–Crippen MR) is 416 cm³/mol. The van der Waals surface area contributed by atoms with Gasteiger partial charge in [-0.2, -0.15) is 0 Å². The fourth-order valence-electron chi connectivity index (χ4n) is 12.2. The van der Waals surface area contributed by atoms with Crippen molar-refractivity contribution in [1.29, 1.82) is 0 Å². The van der Waals surface area contributed by atoms with Crippen LogP contribution in [0.1, 0.15) is 164 Å². The molecule has 3 saturated heterocycles. The molecule has 0 aliphatic carbocycles. The molecule has 16 unspecified atom stereocenters. The van der Waals surface area contributed by atoms with E-state index in [0.29, 0.717) is 44.9 Å². The number of carbonyl (C=O) groups is 11. The maximum atomic E-state index is 14.4. The van der Waals surface area contributed by atoms with E-state index in [4.69, 9.17) is 47.4 Å². The van der Waals surface area contributed by atoms with Gasteiger partial charge < -0.3 is 157 Å². The molecule has 3 rings (SSSR count). The van der Waals surface area contributed by atoms with Crippen LogP contribution in [0.15, 0.2) is 0 Å². The van der Waals surface area contributed by atoms with E-state index in [-0.39, 0.29) is 212 Å². The highest BCUT2D eigenvalue weighted by molar-refractivity contribution is 7.59. The normalized spacial score (nSPS) is 24.2. The molecular weight excluding hydrogens is 1590 g/mol. The fraction of sp³-hybridized carbons (Fsp3) is 0.851. The van der Waals surface area contributed by atoms with E-state index < -0.39 is 178 Å². The molecule has 3 fully saturated rings. The second-order valence-electron chi connectivity index (χ2n) is 29.8. The molecule has 0 aromatic carbocycles. The zero-order valence-corrected chi connectivity index (χ0v) is 69.7. The van der Waals surface area contributed by atoms with Crippen molar-refractivity contribution >= 4 is 72.3 Å². The van der Waals surface area contributed by atoms with Crippen LogP contribution in [0.4, 0.5) is 0 Å². The first-order valence-electron chi connectivity index (χ1n) is 40.5. The fourth-order valence-corrected chi connectivity index (χ4v) is 12.9. The number of hydrogen-bond donors (Lipinski definition) is 21. The molecule has 682 valence electrons. The summed E-state index contributed by atoms with van der Waals surface area (Å²) in [5, 5.41) is 119. The second-order valence-corrected chi connectivity index (χ2v) is 32.8. The van der Waals surface area contributed by atoms with Gasteiger partial charge in [0.15, 0.2) is 18.9 Å². The number of nitrogens with one attached hydrogen (secondary N) is 11. The molecule has 0 spiro atoms. The van der Waals surface area contributed by atoms with Gasteiger partial charge in [-0.3, -0.25) is 57.3 Å². The average molecular weight is 1720 g/mol. The zero-order chi connectivity index (χ0) is 87.6. The van der Waals surface area contributed by atoms with Crippen LogP contribution >= 0.6 is 7.37 Å². The molecule has 0 radical (unpaired) electrons. The standard InChI is InChI=1S/C74H134N11O32P/c1-46(89)81-60-66(101)63(98)51(42-86)115-71(60)112-39-36-108-33-29-77-56(94)22-15-20-54(92)75-26-12-9-18-49(69(104)80-28-11-7-8-14-32-111-45-118(106,107)74(4,5)6)85-70(105)50(84-59(97)25-17-24-58(96)79-31-35-110-38-41-114-73-62(83-48(3)91)68(103)65(100)53(44-88)117-73)19-10-13-27-76-55(93)21-16-23-57(95)78-30-34-109-37-40-113-72-61(82-47(2)90)67(102)64(99)52(43-87)116-72/h49-53,60-68,71-73,86-88,98-103H,7-45H2,1-6H3,(H,75,92)(H,76,93)(H,77,94)(H,78,95)(H,79,96)(H,80,104)(H,81,89)(H,82,90)(H,83,91)(H,84,97)(H,85,105)(H,106,107)/t49-,50-,51?,52?,53?,60?,61?,62?,63?,64?,65?,66?,67?,68?,71?,72?,73?/m0/s1. The summed E-state index contributed by atoms with van der Waals surface area (Å²) >= 11 is 0. The number of aliphatic hydroxyl groups excluding tert-OH is 9. The van der Waals surface area contributed by atoms with E-state index in [1.807, 2.05) is 0 Å². The van der Waals surface area contributed by atoms with Crippen LogP contribution < -0.4 is 58.5 Å². The Balaban J connectivity index is 1.56. The van der Waals surface area contributed by atoms with E-state index in [0.717, 1.165) is 0 Å². The van der Waals surface area contributed by atoms with Crippen LogP contribution in [0, 0.1) is 0 Å². The van der Waals surface area contributed by atoms with Gasteiger partial charge in [0.05, 0.1) is 79.3 Å². The van der Waals surface area contributed by atoms with Gasteiger partial charge in [0.2, 0.25) is 72.3 Å². The smallest absolute Gasteiger partial charge is 0.243 e. The summed E-state index contributed by atoms with van der Waals surface area (Å²) in [5.41, 5.74) is 0. The summed E-state index contributed by atoms with van der Waals surface area (Å²) in [7, 11) is -3.54. The minimum Gasteiger partial charge on any atom is -0.394 e. The first-order chi connectivity index (χ1) is 56.1. The third-order valence-electron chi connectivity index (χ3n) is 19.0. The number of amides is 11. The molecule has 44 heteroatoms. The molecule has 11 amide bonds. The Hall–Kier alpha value is -6.40. The van der Waals surface area contributed by atoms with Crippen molar-refractivity contribution in [2.45, 2.75) is 273 Å². The van der Waals surface area contributed by atoms with Crippen molar-refractivity contribution in [2.75, 3.05) is 132 Å². The Kier molecular flexibility index (Phi) is 53.2. The number of carbonyl (C=O) groups excluding carboxylic acids is 11. The maximum Gasteiger partial charge on any atom is 0.243 e. The summed E-state index contributed by atoms with van der Waals surface area (Å²) in [4.78, 5) is 151. The summed E-state index contributed by atoms with van der Waals surface area (Å²) < 4.78 is 68.1. The Morgan fingerprint density at radius 2 is 0.669 bits per heavy atom. The lowest BCUT2D eigenvalue weighted by Crippen LogP contribution is -2.64. The minimum absolute atomic E-state index is 0.00363. The van der Waals surface area contributed by atoms with Crippen LogP contribution in [-0.2, 0) is 105 Å². The third-order valence-corrected chi connectivity index (χ3v) is 21.6. The summed E-state index contributed by atoms with van der Waals surface area (Å²) in [6, 6.07) is -5.72. The molecule has 43 nitrogen and oxygen atoms in total. The van der Waals surface area contributed by atoms with Gasteiger partial charge in [-0.25, -0.2) is 0 Å². The first kappa shape index (κ1) is 106. The summed E-state index contributed by atoms with van der Waals surface area (Å²) in [6.07, 6.45) is -12.1. The molecule has 21 N–H and O–H groups in total. The Bertz CT molecular complexity index is 3030. The van der Waals surface area contributed by atoms with Gasteiger partial charge in [-0.1, -0.05) is 33.6 Å². The molecule has 0 aromatic heterocycles. The lowest BCUT2D eigenvalue weighted by molar-refractivity contribution is -0.272. The van der Waals surface area contributed by atoms with Gasteiger partial charge in [0.1, 0.15) is 91.5 Å². The molecule has 0 bridgehead atoms.